The van der Waals surface area contributed by atoms with Crippen molar-refractivity contribution in [3.8, 4) is 5.75 Å². The number of nitrogens with zero attached hydrogens (tertiary/aromatic N) is 3. The molecule has 1 aromatic carbocycles. The molecule has 0 aliphatic carbocycles. The summed E-state index contributed by atoms with van der Waals surface area (Å²) in [6.45, 7) is 3.26. The Hall–Kier alpha value is -2.71. The smallest absolute Gasteiger partial charge is 0.409 e. The van der Waals surface area contributed by atoms with E-state index in [2.05, 4.69) is 9.74 Å². The van der Waals surface area contributed by atoms with Crippen LogP contribution in [-0.4, -0.2) is 62.6 Å². The van der Waals surface area contributed by atoms with Gasteiger partial charge in [-0.15, -0.1) is 10.1 Å². The van der Waals surface area contributed by atoms with Gasteiger partial charge in [0.1, 0.15) is 5.75 Å². The lowest BCUT2D eigenvalue weighted by Gasteiger charge is -2.35. The molecule has 1 amide bonds. The fourth-order valence-corrected chi connectivity index (χ4v) is 2.89. The van der Waals surface area contributed by atoms with Crippen LogP contribution in [0.4, 0.5) is 10.5 Å². The number of rotatable bonds is 10. The molecule has 1 heterocycles. The second kappa shape index (κ2) is 11.1. The number of carbonyl (C=O) groups excluding carboxylic acids is 1. The molecule has 0 aromatic heterocycles. The van der Waals surface area contributed by atoms with Crippen molar-refractivity contribution < 1.29 is 24.2 Å². The monoisotopic (exact) mass is 381 g/mol. The second-order valence-corrected chi connectivity index (χ2v) is 6.26. The molecule has 1 aliphatic rings. The number of carbonyl (C=O) groups is 1. The maximum atomic E-state index is 12.1. The Bertz CT molecular complexity index is 587. The van der Waals surface area contributed by atoms with Crippen molar-refractivity contribution in [3.63, 3.8) is 0 Å². The first kappa shape index (κ1) is 20.6. The summed E-state index contributed by atoms with van der Waals surface area (Å²) in [6, 6.07) is 7.89. The molecule has 1 aromatic rings. The normalized spacial score (nSPS) is 14.0. The number of ether oxygens (including phenoxy) is 2. The summed E-state index contributed by atoms with van der Waals surface area (Å²) in [6.07, 6.45) is 2.75. The molecule has 2 rings (SSSR count). The largest absolute Gasteiger partial charge is 0.497 e. The van der Waals surface area contributed by atoms with Crippen molar-refractivity contribution in [1.82, 2.24) is 4.90 Å². The predicted molar refractivity (Wildman–Crippen MR) is 99.5 cm³/mol. The molecule has 0 N–H and O–H groups in total. The molecule has 9 nitrogen and oxygen atoms in total. The standard InChI is InChI=1S/C18H27N3O6/c1-25-17-8-6-16(7-9-17)19-10-12-20(13-11-19)18(22)26-14-4-2-3-5-15-27-21(23)24/h6-9H,2-5,10-15H2,1H3. The highest BCUT2D eigenvalue weighted by molar-refractivity contribution is 5.68. The first-order valence-electron chi connectivity index (χ1n) is 9.18. The van der Waals surface area contributed by atoms with Crippen LogP contribution in [-0.2, 0) is 9.57 Å². The zero-order chi connectivity index (χ0) is 19.5. The number of hydrogen-bond acceptors (Lipinski definition) is 7. The van der Waals surface area contributed by atoms with E-state index in [0.717, 1.165) is 43.8 Å². The lowest BCUT2D eigenvalue weighted by molar-refractivity contribution is -0.757. The van der Waals surface area contributed by atoms with Crippen LogP contribution in [0.5, 0.6) is 5.75 Å². The van der Waals surface area contributed by atoms with Crippen LogP contribution in [0.2, 0.25) is 0 Å². The molecule has 9 heteroatoms. The third-order valence-corrected chi connectivity index (χ3v) is 4.44. The number of unbranched alkanes of at least 4 members (excludes halogenated alkanes) is 3. The van der Waals surface area contributed by atoms with Gasteiger partial charge >= 0.3 is 6.09 Å². The van der Waals surface area contributed by atoms with E-state index >= 15 is 0 Å². The average molecular weight is 381 g/mol. The summed E-state index contributed by atoms with van der Waals surface area (Å²) in [4.78, 5) is 30.3. The van der Waals surface area contributed by atoms with Gasteiger partial charge in [-0.1, -0.05) is 6.42 Å². The molecule has 0 bridgehead atoms. The van der Waals surface area contributed by atoms with Crippen LogP contribution in [0.25, 0.3) is 0 Å². The minimum absolute atomic E-state index is 0.116. The molecule has 0 saturated carbocycles. The van der Waals surface area contributed by atoms with Crippen LogP contribution in [0.15, 0.2) is 24.3 Å². The van der Waals surface area contributed by atoms with Gasteiger partial charge in [-0.25, -0.2) is 4.79 Å². The molecule has 1 aliphatic heterocycles. The molecule has 1 saturated heterocycles. The van der Waals surface area contributed by atoms with Crippen molar-refractivity contribution in [1.29, 1.82) is 0 Å². The summed E-state index contributed by atoms with van der Waals surface area (Å²) < 4.78 is 10.5. The van der Waals surface area contributed by atoms with Gasteiger partial charge in [-0.2, -0.15) is 0 Å². The van der Waals surface area contributed by atoms with Crippen LogP contribution >= 0.6 is 0 Å². The van der Waals surface area contributed by atoms with Gasteiger partial charge in [-0.3, -0.25) is 0 Å². The van der Waals surface area contributed by atoms with Gasteiger partial charge in [0.25, 0.3) is 5.09 Å². The molecular formula is C18H27N3O6. The van der Waals surface area contributed by atoms with Crippen molar-refractivity contribution in [2.24, 2.45) is 0 Å². The first-order chi connectivity index (χ1) is 13.1. The highest BCUT2D eigenvalue weighted by Gasteiger charge is 2.22. The van der Waals surface area contributed by atoms with Crippen molar-refractivity contribution >= 4 is 11.8 Å². The van der Waals surface area contributed by atoms with Crippen LogP contribution in [0, 0.1) is 10.1 Å². The summed E-state index contributed by atoms with van der Waals surface area (Å²) in [5, 5.41) is 9.22. The fourth-order valence-electron chi connectivity index (χ4n) is 2.89. The SMILES string of the molecule is COc1ccc(N2CCN(C(=O)OCCCCCCO[N+](=O)[O-])CC2)cc1. The molecule has 1 fully saturated rings. The Kier molecular flexibility index (Phi) is 8.47. The summed E-state index contributed by atoms with van der Waals surface area (Å²) >= 11 is 0. The average Bonchev–Trinajstić information content (AvgIpc) is 2.70. The fraction of sp³-hybridized carbons (Fsp3) is 0.611. The third kappa shape index (κ3) is 7.20. The van der Waals surface area contributed by atoms with Gasteiger partial charge in [-0.05, 0) is 43.5 Å². The van der Waals surface area contributed by atoms with Crippen LogP contribution in [0.1, 0.15) is 25.7 Å². The minimum atomic E-state index is -0.782. The zero-order valence-corrected chi connectivity index (χ0v) is 15.7. The van der Waals surface area contributed by atoms with E-state index in [4.69, 9.17) is 9.47 Å². The van der Waals surface area contributed by atoms with Gasteiger partial charge in [0, 0.05) is 31.9 Å². The van der Waals surface area contributed by atoms with E-state index in [-0.39, 0.29) is 12.7 Å². The van der Waals surface area contributed by atoms with E-state index in [1.165, 1.54) is 0 Å². The summed E-state index contributed by atoms with van der Waals surface area (Å²) in [5.41, 5.74) is 1.12. The Balaban J connectivity index is 1.57. The van der Waals surface area contributed by atoms with Gasteiger partial charge in [0.2, 0.25) is 0 Å². The number of piperazine rings is 1. The highest BCUT2D eigenvalue weighted by atomic mass is 16.9. The van der Waals surface area contributed by atoms with Gasteiger partial charge < -0.3 is 24.1 Å². The third-order valence-electron chi connectivity index (χ3n) is 4.44. The molecule has 0 unspecified atom stereocenters. The Morgan fingerprint density at radius 2 is 1.67 bits per heavy atom. The van der Waals surface area contributed by atoms with Gasteiger partial charge in [0.05, 0.1) is 20.3 Å². The molecule has 0 radical (unpaired) electrons. The number of hydrogen-bond donors (Lipinski definition) is 0. The first-order valence-corrected chi connectivity index (χ1v) is 9.18. The number of anilines is 1. The summed E-state index contributed by atoms with van der Waals surface area (Å²) in [7, 11) is 1.64. The van der Waals surface area contributed by atoms with Crippen molar-refractivity contribution in [2.75, 3.05) is 51.4 Å². The number of methoxy groups -OCH3 is 1. The molecule has 0 spiro atoms. The molecule has 27 heavy (non-hydrogen) atoms. The van der Waals surface area contributed by atoms with Gasteiger partial charge in [0.15, 0.2) is 0 Å². The second-order valence-electron chi connectivity index (χ2n) is 6.26. The summed E-state index contributed by atoms with van der Waals surface area (Å²) in [5.74, 6) is 0.825. The highest BCUT2D eigenvalue weighted by Crippen LogP contribution is 2.20. The van der Waals surface area contributed by atoms with E-state index in [1.54, 1.807) is 12.0 Å². The lowest BCUT2D eigenvalue weighted by atomic mass is 10.2. The molecule has 0 atom stereocenters. The maximum absolute atomic E-state index is 12.1. The number of benzene rings is 1. The van der Waals surface area contributed by atoms with Crippen molar-refractivity contribution in [2.45, 2.75) is 25.7 Å². The Morgan fingerprint density at radius 1 is 1.04 bits per heavy atom. The Labute approximate surface area is 158 Å². The maximum Gasteiger partial charge on any atom is 0.409 e. The Morgan fingerprint density at radius 3 is 2.26 bits per heavy atom. The van der Waals surface area contributed by atoms with E-state index < -0.39 is 5.09 Å². The predicted octanol–water partition coefficient (Wildman–Crippen LogP) is 2.72. The van der Waals surface area contributed by atoms with E-state index in [0.29, 0.717) is 26.1 Å². The molecular weight excluding hydrogens is 354 g/mol. The number of amides is 1. The van der Waals surface area contributed by atoms with E-state index in [9.17, 15) is 14.9 Å². The van der Waals surface area contributed by atoms with Crippen LogP contribution in [0.3, 0.4) is 0 Å². The quantitative estimate of drug-likeness (QED) is 0.349. The topological polar surface area (TPSA) is 94.4 Å². The molecule has 150 valence electrons. The minimum Gasteiger partial charge on any atom is -0.497 e. The zero-order valence-electron chi connectivity index (χ0n) is 15.7. The van der Waals surface area contributed by atoms with E-state index in [1.807, 2.05) is 24.3 Å². The van der Waals surface area contributed by atoms with Crippen molar-refractivity contribution in [3.05, 3.63) is 34.4 Å². The van der Waals surface area contributed by atoms with Crippen LogP contribution < -0.4 is 9.64 Å². The lowest BCUT2D eigenvalue weighted by Crippen LogP contribution is -2.49.